The van der Waals surface area contributed by atoms with Crippen molar-refractivity contribution in [3.05, 3.63) is 34.6 Å². The molecular formula is C13H17ClFNO2S. The molecule has 0 saturated carbocycles. The summed E-state index contributed by atoms with van der Waals surface area (Å²) in [5, 5.41) is 3.61. The summed E-state index contributed by atoms with van der Waals surface area (Å²) in [6.07, 6.45) is 0.619. The van der Waals surface area contributed by atoms with E-state index < -0.39 is 9.84 Å². The number of nitrogens with one attached hydrogen (secondary N) is 1. The van der Waals surface area contributed by atoms with Crippen molar-refractivity contribution in [2.24, 2.45) is 5.92 Å². The van der Waals surface area contributed by atoms with Gasteiger partial charge >= 0.3 is 0 Å². The molecule has 2 unspecified atom stereocenters. The lowest BCUT2D eigenvalue weighted by Crippen LogP contribution is -2.29. The smallest absolute Gasteiger partial charge is 0.150 e. The molecule has 19 heavy (non-hydrogen) atoms. The van der Waals surface area contributed by atoms with E-state index in [4.69, 9.17) is 11.6 Å². The van der Waals surface area contributed by atoms with Gasteiger partial charge in [-0.1, -0.05) is 24.6 Å². The van der Waals surface area contributed by atoms with E-state index in [0.29, 0.717) is 18.0 Å². The lowest BCUT2D eigenvalue weighted by molar-refractivity contribution is 0.400. The fourth-order valence-electron chi connectivity index (χ4n) is 2.59. The van der Waals surface area contributed by atoms with Gasteiger partial charge in [-0.25, -0.2) is 12.8 Å². The third-order valence-electron chi connectivity index (χ3n) is 3.46. The second kappa shape index (κ2) is 5.77. The van der Waals surface area contributed by atoms with Crippen LogP contribution in [0, 0.1) is 11.7 Å². The first-order valence-corrected chi connectivity index (χ1v) is 8.51. The van der Waals surface area contributed by atoms with E-state index in [0.717, 1.165) is 5.56 Å². The maximum atomic E-state index is 13.1. The molecule has 0 spiro atoms. The van der Waals surface area contributed by atoms with Gasteiger partial charge in [-0.05, 0) is 36.6 Å². The van der Waals surface area contributed by atoms with E-state index in [2.05, 4.69) is 5.32 Å². The Morgan fingerprint density at radius 3 is 2.79 bits per heavy atom. The summed E-state index contributed by atoms with van der Waals surface area (Å²) in [5.41, 5.74) is 0.770. The van der Waals surface area contributed by atoms with Crippen LogP contribution in [-0.2, 0) is 9.84 Å². The largest absolute Gasteiger partial charge is 0.310 e. The average Bonchev–Trinajstić information content (AvgIpc) is 2.67. The van der Waals surface area contributed by atoms with Crippen LogP contribution >= 0.6 is 11.6 Å². The number of hydrogen-bond donors (Lipinski definition) is 1. The molecule has 3 nitrogen and oxygen atoms in total. The highest BCUT2D eigenvalue weighted by atomic mass is 35.5. The molecule has 0 radical (unpaired) electrons. The van der Waals surface area contributed by atoms with Crippen molar-refractivity contribution in [2.75, 3.05) is 18.1 Å². The van der Waals surface area contributed by atoms with Crippen molar-refractivity contribution >= 4 is 21.4 Å². The van der Waals surface area contributed by atoms with E-state index in [-0.39, 0.29) is 29.3 Å². The Bertz CT molecular complexity index is 562. The molecule has 0 bridgehead atoms. The summed E-state index contributed by atoms with van der Waals surface area (Å²) in [7, 11) is -2.94. The van der Waals surface area contributed by atoms with Crippen LogP contribution in [-0.4, -0.2) is 26.5 Å². The molecule has 1 aliphatic heterocycles. The molecule has 1 aromatic carbocycles. The normalized spacial score (nSPS) is 23.4. The zero-order chi connectivity index (χ0) is 14.0. The summed E-state index contributed by atoms with van der Waals surface area (Å²) >= 11 is 6.08. The van der Waals surface area contributed by atoms with Gasteiger partial charge in [0.2, 0.25) is 0 Å². The molecule has 1 aromatic rings. The van der Waals surface area contributed by atoms with E-state index in [1.807, 2.05) is 6.92 Å². The Morgan fingerprint density at radius 1 is 1.53 bits per heavy atom. The van der Waals surface area contributed by atoms with Crippen molar-refractivity contribution in [1.82, 2.24) is 5.32 Å². The van der Waals surface area contributed by atoms with Crippen LogP contribution in [0.15, 0.2) is 18.2 Å². The van der Waals surface area contributed by atoms with Gasteiger partial charge in [-0.15, -0.1) is 0 Å². The van der Waals surface area contributed by atoms with Crippen LogP contribution in [0.1, 0.15) is 24.9 Å². The molecule has 1 saturated heterocycles. The third-order valence-corrected chi connectivity index (χ3v) is 5.58. The summed E-state index contributed by atoms with van der Waals surface area (Å²) in [6, 6.07) is 4.12. The summed E-state index contributed by atoms with van der Waals surface area (Å²) in [4.78, 5) is 0. The van der Waals surface area contributed by atoms with Gasteiger partial charge in [0.1, 0.15) is 5.82 Å². The standard InChI is InChI=1S/C13H17ClFNO2S/c1-2-16-13(9-5-6-19(17,18)8-9)11-4-3-10(15)7-12(11)14/h3-4,7,9,13,16H,2,5-6,8H2,1H3. The van der Waals surface area contributed by atoms with E-state index in [1.54, 1.807) is 6.07 Å². The van der Waals surface area contributed by atoms with Crippen LogP contribution in [0.5, 0.6) is 0 Å². The number of halogens is 2. The third kappa shape index (κ3) is 3.46. The molecule has 0 aromatic heterocycles. The van der Waals surface area contributed by atoms with Gasteiger partial charge in [-0.3, -0.25) is 0 Å². The molecule has 1 aliphatic rings. The second-order valence-electron chi connectivity index (χ2n) is 4.86. The minimum atomic E-state index is -2.94. The second-order valence-corrected chi connectivity index (χ2v) is 7.50. The van der Waals surface area contributed by atoms with E-state index in [9.17, 15) is 12.8 Å². The Balaban J connectivity index is 2.30. The Labute approximate surface area is 118 Å². The first kappa shape index (κ1) is 14.8. The van der Waals surface area contributed by atoms with Crippen LogP contribution in [0.2, 0.25) is 5.02 Å². The highest BCUT2D eigenvalue weighted by Gasteiger charge is 2.34. The zero-order valence-corrected chi connectivity index (χ0v) is 12.3. The maximum Gasteiger partial charge on any atom is 0.150 e. The first-order valence-electron chi connectivity index (χ1n) is 6.31. The van der Waals surface area contributed by atoms with Gasteiger partial charge in [0.25, 0.3) is 0 Å². The van der Waals surface area contributed by atoms with Crippen molar-refractivity contribution in [1.29, 1.82) is 0 Å². The van der Waals surface area contributed by atoms with E-state index >= 15 is 0 Å². The van der Waals surface area contributed by atoms with E-state index in [1.165, 1.54) is 12.1 Å². The molecule has 2 rings (SSSR count). The summed E-state index contributed by atoms with van der Waals surface area (Å²) in [6.45, 7) is 2.66. The van der Waals surface area contributed by atoms with Crippen LogP contribution in [0.4, 0.5) is 4.39 Å². The lowest BCUT2D eigenvalue weighted by atomic mass is 9.92. The highest BCUT2D eigenvalue weighted by molar-refractivity contribution is 7.91. The van der Waals surface area contributed by atoms with Gasteiger partial charge in [0.05, 0.1) is 11.5 Å². The van der Waals surface area contributed by atoms with Gasteiger partial charge in [0.15, 0.2) is 9.84 Å². The Kier molecular flexibility index (Phi) is 4.48. The van der Waals surface area contributed by atoms with Gasteiger partial charge in [-0.2, -0.15) is 0 Å². The molecule has 0 amide bonds. The average molecular weight is 306 g/mol. The number of rotatable bonds is 4. The molecule has 106 valence electrons. The topological polar surface area (TPSA) is 46.2 Å². The Hall–Kier alpha value is -0.650. The zero-order valence-electron chi connectivity index (χ0n) is 10.7. The van der Waals surface area contributed by atoms with Crippen molar-refractivity contribution in [3.8, 4) is 0 Å². The minimum Gasteiger partial charge on any atom is -0.310 e. The van der Waals surface area contributed by atoms with Crippen molar-refractivity contribution in [2.45, 2.75) is 19.4 Å². The molecular weight excluding hydrogens is 289 g/mol. The predicted octanol–water partition coefficient (Wildman–Crippen LogP) is 2.56. The molecule has 1 heterocycles. The van der Waals surface area contributed by atoms with Crippen LogP contribution in [0.3, 0.4) is 0 Å². The molecule has 1 fully saturated rings. The van der Waals surface area contributed by atoms with Gasteiger partial charge < -0.3 is 5.32 Å². The monoisotopic (exact) mass is 305 g/mol. The first-order chi connectivity index (χ1) is 8.93. The van der Waals surface area contributed by atoms with Crippen LogP contribution in [0.25, 0.3) is 0 Å². The number of sulfone groups is 1. The minimum absolute atomic E-state index is 0.00656. The van der Waals surface area contributed by atoms with Crippen LogP contribution < -0.4 is 5.32 Å². The summed E-state index contributed by atoms with van der Waals surface area (Å²) in [5.74, 6) is -0.00697. The Morgan fingerprint density at radius 2 is 2.26 bits per heavy atom. The molecule has 0 aliphatic carbocycles. The van der Waals surface area contributed by atoms with Gasteiger partial charge in [0, 0.05) is 11.1 Å². The number of benzene rings is 1. The quantitative estimate of drug-likeness (QED) is 0.930. The molecule has 2 atom stereocenters. The predicted molar refractivity (Wildman–Crippen MR) is 74.6 cm³/mol. The molecule has 1 N–H and O–H groups in total. The molecule has 6 heteroatoms. The fourth-order valence-corrected chi connectivity index (χ4v) is 4.72. The number of hydrogen-bond acceptors (Lipinski definition) is 3. The maximum absolute atomic E-state index is 13.1. The fraction of sp³-hybridized carbons (Fsp3) is 0.538. The highest BCUT2D eigenvalue weighted by Crippen LogP contribution is 2.34. The van der Waals surface area contributed by atoms with Crippen molar-refractivity contribution in [3.63, 3.8) is 0 Å². The van der Waals surface area contributed by atoms with Crippen molar-refractivity contribution < 1.29 is 12.8 Å². The lowest BCUT2D eigenvalue weighted by Gasteiger charge is -2.25. The summed E-state index contributed by atoms with van der Waals surface area (Å²) < 4.78 is 36.3. The SMILES string of the molecule is CCNC(c1ccc(F)cc1Cl)C1CCS(=O)(=O)C1.